The highest BCUT2D eigenvalue weighted by Gasteiger charge is 2.53. The van der Waals surface area contributed by atoms with Gasteiger partial charge in [-0.1, -0.05) is 190 Å². The second kappa shape index (κ2) is 46.6. The molecule has 17 unspecified atom stereocenters. The first kappa shape index (κ1) is 74.7. The molecule has 17 atom stereocenters. The van der Waals surface area contributed by atoms with E-state index in [-0.39, 0.29) is 18.9 Å². The van der Waals surface area contributed by atoms with Gasteiger partial charge < -0.3 is 89.9 Å². The third-order valence-corrected chi connectivity index (χ3v) is 15.7. The zero-order chi connectivity index (χ0) is 60.5. The summed E-state index contributed by atoms with van der Waals surface area (Å²) < 4.78 is 34.2. The molecule has 0 radical (unpaired) electrons. The van der Waals surface area contributed by atoms with E-state index >= 15 is 0 Å². The quantitative estimate of drug-likeness (QED) is 0.0220. The summed E-state index contributed by atoms with van der Waals surface area (Å²) >= 11 is 0. The molecule has 0 aromatic carbocycles. The van der Waals surface area contributed by atoms with Crippen molar-refractivity contribution in [2.45, 2.75) is 311 Å². The molecule has 12 N–H and O–H groups in total. The van der Waals surface area contributed by atoms with Crippen molar-refractivity contribution in [3.63, 3.8) is 0 Å². The van der Waals surface area contributed by atoms with Gasteiger partial charge in [-0.15, -0.1) is 0 Å². The molecule has 19 heteroatoms. The molecule has 0 aromatic heterocycles. The molecule has 3 aliphatic rings. The molecule has 3 heterocycles. The Morgan fingerprint density at radius 3 is 1.31 bits per heavy atom. The number of ether oxygens (including phenoxy) is 6. The van der Waals surface area contributed by atoms with Crippen molar-refractivity contribution in [3.05, 3.63) is 60.8 Å². The van der Waals surface area contributed by atoms with Crippen LogP contribution < -0.4 is 5.32 Å². The maximum Gasteiger partial charge on any atom is 0.220 e. The van der Waals surface area contributed by atoms with Crippen molar-refractivity contribution in [3.8, 4) is 0 Å². The van der Waals surface area contributed by atoms with E-state index in [2.05, 4.69) is 67.8 Å². The van der Waals surface area contributed by atoms with E-state index in [4.69, 9.17) is 28.4 Å². The van der Waals surface area contributed by atoms with Gasteiger partial charge in [0, 0.05) is 6.42 Å². The van der Waals surface area contributed by atoms with Gasteiger partial charge in [-0.3, -0.25) is 4.79 Å². The van der Waals surface area contributed by atoms with Crippen molar-refractivity contribution in [2.75, 3.05) is 26.4 Å². The smallest absolute Gasteiger partial charge is 0.220 e. The lowest BCUT2D eigenvalue weighted by atomic mass is 9.96. The average Bonchev–Trinajstić information content (AvgIpc) is 3.64. The normalized spacial score (nSPS) is 29.8. The third-order valence-electron chi connectivity index (χ3n) is 15.7. The monoisotopic (exact) mass is 1180 g/mol. The van der Waals surface area contributed by atoms with Gasteiger partial charge in [0.2, 0.25) is 5.91 Å². The van der Waals surface area contributed by atoms with Crippen molar-refractivity contribution >= 4 is 5.91 Å². The maximum atomic E-state index is 13.3. The lowest BCUT2D eigenvalue weighted by Crippen LogP contribution is -2.66. The number of carbonyl (C=O) groups excluding carboxylic acids is 1. The lowest BCUT2D eigenvalue weighted by Gasteiger charge is -2.48. The summed E-state index contributed by atoms with van der Waals surface area (Å²) in [5.74, 6) is -0.293. The maximum absolute atomic E-state index is 13.3. The van der Waals surface area contributed by atoms with Gasteiger partial charge in [0.15, 0.2) is 18.9 Å². The molecule has 3 saturated heterocycles. The second-order valence-corrected chi connectivity index (χ2v) is 22.8. The first-order chi connectivity index (χ1) is 40.3. The number of aliphatic hydroxyl groups excluding tert-OH is 11. The summed E-state index contributed by atoms with van der Waals surface area (Å²) in [6.45, 7) is 1.60. The molecular formula is C64H113NO18. The van der Waals surface area contributed by atoms with Crippen LogP contribution in [0.3, 0.4) is 0 Å². The Kier molecular flexibility index (Phi) is 42.0. The SMILES string of the molecule is CCC/C=C/CC/C=C/CC/C=C/C(O)C(COC1OC(CO)C(OC2OC(CO)C(OC3OC(CO)C(O)C(O)C3O)C(O)C2O)C(O)C1O)NC(=O)CCCCCCCCCCCCCCCCC/C=C\C/C=C\CCCCCCC. The number of nitrogens with one attached hydrogen (secondary N) is 1. The van der Waals surface area contributed by atoms with E-state index in [0.717, 1.165) is 57.8 Å². The van der Waals surface area contributed by atoms with Crippen LogP contribution in [-0.4, -0.2) is 193 Å². The van der Waals surface area contributed by atoms with Crippen LogP contribution in [0, 0.1) is 0 Å². The summed E-state index contributed by atoms with van der Waals surface area (Å²) in [6, 6.07) is -0.996. The van der Waals surface area contributed by atoms with Crippen LogP contribution in [0.4, 0.5) is 0 Å². The van der Waals surface area contributed by atoms with Gasteiger partial charge in [-0.25, -0.2) is 0 Å². The molecule has 1 amide bonds. The van der Waals surface area contributed by atoms with Crippen molar-refractivity contribution in [1.29, 1.82) is 0 Å². The minimum atomic E-state index is -1.98. The third kappa shape index (κ3) is 29.8. The number of rotatable bonds is 47. The second-order valence-electron chi connectivity index (χ2n) is 22.8. The van der Waals surface area contributed by atoms with Crippen LogP contribution in [0.1, 0.15) is 206 Å². The molecule has 0 aromatic rings. The molecule has 0 bridgehead atoms. The lowest BCUT2D eigenvalue weighted by molar-refractivity contribution is -0.379. The van der Waals surface area contributed by atoms with Crippen molar-refractivity contribution in [1.82, 2.24) is 5.32 Å². The predicted molar refractivity (Wildman–Crippen MR) is 318 cm³/mol. The van der Waals surface area contributed by atoms with E-state index < -0.39 is 124 Å². The van der Waals surface area contributed by atoms with Gasteiger partial charge >= 0.3 is 0 Å². The summed E-state index contributed by atoms with van der Waals surface area (Å²) in [7, 11) is 0. The zero-order valence-electron chi connectivity index (χ0n) is 50.4. The van der Waals surface area contributed by atoms with E-state index in [0.29, 0.717) is 12.8 Å². The van der Waals surface area contributed by atoms with Gasteiger partial charge in [-0.2, -0.15) is 0 Å². The number of hydrogen-bond acceptors (Lipinski definition) is 18. The molecule has 0 saturated carbocycles. The largest absolute Gasteiger partial charge is 0.394 e. The summed E-state index contributed by atoms with van der Waals surface area (Å²) in [5.41, 5.74) is 0. The number of carbonyl (C=O) groups is 1. The van der Waals surface area contributed by atoms with E-state index in [9.17, 15) is 61.0 Å². The highest BCUT2D eigenvalue weighted by molar-refractivity contribution is 5.76. The Labute approximate surface area is 496 Å². The number of amides is 1. The van der Waals surface area contributed by atoms with Gasteiger partial charge in [0.1, 0.15) is 73.2 Å². The summed E-state index contributed by atoms with van der Waals surface area (Å²) in [6.07, 6.45) is 28.0. The van der Waals surface area contributed by atoms with Gasteiger partial charge in [-0.05, 0) is 70.6 Å². The summed E-state index contributed by atoms with van der Waals surface area (Å²) in [4.78, 5) is 13.3. The Bertz CT molecular complexity index is 1750. The van der Waals surface area contributed by atoms with Gasteiger partial charge in [0.25, 0.3) is 0 Å². The average molecular weight is 1180 g/mol. The fraction of sp³-hybridized carbons (Fsp3) is 0.828. The zero-order valence-corrected chi connectivity index (χ0v) is 50.4. The molecule has 0 spiro atoms. The molecule has 3 aliphatic heterocycles. The van der Waals surface area contributed by atoms with Crippen LogP contribution in [0.2, 0.25) is 0 Å². The minimum Gasteiger partial charge on any atom is -0.394 e. The van der Waals surface area contributed by atoms with Crippen LogP contribution in [0.15, 0.2) is 60.8 Å². The van der Waals surface area contributed by atoms with Crippen molar-refractivity contribution in [2.24, 2.45) is 0 Å². The Morgan fingerprint density at radius 1 is 0.434 bits per heavy atom. The van der Waals surface area contributed by atoms with Crippen molar-refractivity contribution < 1.29 is 89.4 Å². The predicted octanol–water partition coefficient (Wildman–Crippen LogP) is 6.82. The molecule has 0 aliphatic carbocycles. The van der Waals surface area contributed by atoms with E-state index in [1.165, 1.54) is 116 Å². The van der Waals surface area contributed by atoms with Crippen LogP contribution >= 0.6 is 0 Å². The number of hydrogen-bond donors (Lipinski definition) is 12. The number of allylic oxidation sites excluding steroid dienone is 9. The molecule has 19 nitrogen and oxygen atoms in total. The number of unbranched alkanes of at least 4 members (excludes halogenated alkanes) is 23. The van der Waals surface area contributed by atoms with Crippen LogP contribution in [0.5, 0.6) is 0 Å². The highest BCUT2D eigenvalue weighted by Crippen LogP contribution is 2.33. The topological polar surface area (TPSA) is 307 Å². The highest BCUT2D eigenvalue weighted by atomic mass is 16.8. The Hall–Kier alpha value is -2.51. The van der Waals surface area contributed by atoms with E-state index in [1.54, 1.807) is 6.08 Å². The minimum absolute atomic E-state index is 0.230. The fourth-order valence-electron chi connectivity index (χ4n) is 10.5. The van der Waals surface area contributed by atoms with Crippen LogP contribution in [0.25, 0.3) is 0 Å². The molecule has 482 valence electrons. The number of aliphatic hydroxyl groups is 11. The Balaban J connectivity index is 1.41. The Morgan fingerprint density at radius 2 is 0.831 bits per heavy atom. The first-order valence-corrected chi connectivity index (χ1v) is 32.0. The van der Waals surface area contributed by atoms with E-state index in [1.807, 2.05) is 6.08 Å². The molecule has 83 heavy (non-hydrogen) atoms. The van der Waals surface area contributed by atoms with Crippen LogP contribution in [-0.2, 0) is 33.2 Å². The molecular weight excluding hydrogens is 1070 g/mol. The van der Waals surface area contributed by atoms with Gasteiger partial charge in [0.05, 0.1) is 38.6 Å². The first-order valence-electron chi connectivity index (χ1n) is 32.0. The molecule has 3 fully saturated rings. The summed E-state index contributed by atoms with van der Waals surface area (Å²) in [5, 5.41) is 120. The molecule has 3 rings (SSSR count). The standard InChI is InChI=1S/C64H113NO18/c1-3-5-7-9-11-13-15-16-17-18-19-20-21-22-23-24-25-26-27-28-29-30-32-34-36-38-40-42-52(70)65-47(48(69)41-39-37-35-33-31-14-12-10-8-6-4-2)46-78-62-58(76)55(73)60(50(44-67)80-62)83-64-59(77)56(74)61(51(45-68)81-64)82-63-57(75)54(72)53(71)49(43-66)79-63/h8,10,15-16,18-19,31,33,39,41,47-51,53-64,66-69,71-77H,3-7,9,11-14,17,20-30,32,34-38,40,42-46H2,1-2H3,(H,65,70)/b10-8+,16-15-,19-18-,33-31+,41-39+. The fourth-order valence-corrected chi connectivity index (χ4v) is 10.5.